The molecule has 2 aromatic carbocycles. The number of sulfonamides is 1. The van der Waals surface area contributed by atoms with Crippen molar-refractivity contribution < 1.29 is 22.4 Å². The molecule has 2 atom stereocenters. The minimum absolute atomic E-state index is 0.0467. The quantitative estimate of drug-likeness (QED) is 0.347. The zero-order chi connectivity index (χ0) is 27.8. The molecule has 0 aliphatic carbocycles. The number of hydrogen-bond donors (Lipinski definition) is 1. The molecule has 0 spiro atoms. The van der Waals surface area contributed by atoms with Gasteiger partial charge in [0.15, 0.2) is 0 Å². The van der Waals surface area contributed by atoms with Crippen LogP contribution in [0.4, 0.5) is 10.1 Å². The van der Waals surface area contributed by atoms with Crippen molar-refractivity contribution in [2.45, 2.75) is 65.1 Å². The number of amides is 2. The summed E-state index contributed by atoms with van der Waals surface area (Å²) >= 11 is 12.2. The minimum atomic E-state index is -3.79. The summed E-state index contributed by atoms with van der Waals surface area (Å²) < 4.78 is 40.0. The largest absolute Gasteiger partial charge is 0.352 e. The van der Waals surface area contributed by atoms with Crippen LogP contribution in [0.1, 0.15) is 52.0 Å². The molecule has 1 N–H and O–H groups in total. The van der Waals surface area contributed by atoms with Gasteiger partial charge in [0.1, 0.15) is 11.9 Å². The average Bonchev–Trinajstić information content (AvgIpc) is 2.83. The van der Waals surface area contributed by atoms with Crippen LogP contribution in [-0.2, 0) is 26.2 Å². The number of halogens is 3. The summed E-state index contributed by atoms with van der Waals surface area (Å²) in [6.45, 7) is 5.68. The first-order chi connectivity index (χ1) is 17.4. The van der Waals surface area contributed by atoms with Gasteiger partial charge in [-0.25, -0.2) is 12.8 Å². The van der Waals surface area contributed by atoms with E-state index in [4.69, 9.17) is 23.2 Å². The first-order valence-corrected chi connectivity index (χ1v) is 14.7. The number of para-hydroxylation sites is 1. The lowest BCUT2D eigenvalue weighted by Crippen LogP contribution is -2.50. The maximum Gasteiger partial charge on any atom is 0.243 e. The van der Waals surface area contributed by atoms with Crippen molar-refractivity contribution in [2.24, 2.45) is 0 Å². The van der Waals surface area contributed by atoms with Crippen molar-refractivity contribution >= 4 is 50.7 Å². The zero-order valence-electron chi connectivity index (χ0n) is 21.5. The number of hydrogen-bond acceptors (Lipinski definition) is 4. The molecule has 11 heteroatoms. The fourth-order valence-corrected chi connectivity index (χ4v) is 5.12. The van der Waals surface area contributed by atoms with Crippen molar-refractivity contribution in [3.8, 4) is 0 Å². The minimum Gasteiger partial charge on any atom is -0.352 e. The number of nitrogens with zero attached hydrogens (tertiary/aromatic N) is 2. The highest BCUT2D eigenvalue weighted by Crippen LogP contribution is 2.25. The van der Waals surface area contributed by atoms with E-state index >= 15 is 0 Å². The van der Waals surface area contributed by atoms with Crippen LogP contribution in [0.5, 0.6) is 0 Å². The third-order valence-corrected chi connectivity index (χ3v) is 7.92. The van der Waals surface area contributed by atoms with Gasteiger partial charge in [-0.05, 0) is 56.0 Å². The van der Waals surface area contributed by atoms with Gasteiger partial charge in [-0.3, -0.25) is 13.9 Å². The standard InChI is InChI=1S/C26H34Cl2FN3O4S/c1-5-18(3)30-26(34)23(6-2)31(17-19-13-14-20(27)21(28)16-19)25(33)12-9-15-32(37(4,35)36)24-11-8-7-10-22(24)29/h7-8,10-11,13-14,16,18,23H,5-6,9,12,15,17H2,1-4H3,(H,30,34). The van der Waals surface area contributed by atoms with E-state index in [2.05, 4.69) is 5.32 Å². The summed E-state index contributed by atoms with van der Waals surface area (Å²) in [4.78, 5) is 28.0. The monoisotopic (exact) mass is 573 g/mol. The Hall–Kier alpha value is -2.36. The molecule has 0 radical (unpaired) electrons. The SMILES string of the molecule is CCC(C)NC(=O)C(CC)N(Cc1ccc(Cl)c(Cl)c1)C(=O)CCCN(c1ccccc1F)S(C)(=O)=O. The lowest BCUT2D eigenvalue weighted by Gasteiger charge is -2.32. The summed E-state index contributed by atoms with van der Waals surface area (Å²) in [5.74, 6) is -1.28. The molecule has 0 saturated carbocycles. The van der Waals surface area contributed by atoms with Gasteiger partial charge in [-0.15, -0.1) is 0 Å². The lowest BCUT2D eigenvalue weighted by molar-refractivity contribution is -0.141. The normalized spacial score (nSPS) is 13.1. The van der Waals surface area contributed by atoms with E-state index in [0.29, 0.717) is 22.0 Å². The van der Waals surface area contributed by atoms with Gasteiger partial charge in [-0.1, -0.05) is 55.2 Å². The molecule has 0 heterocycles. The predicted molar refractivity (Wildman–Crippen MR) is 147 cm³/mol. The van der Waals surface area contributed by atoms with Crippen LogP contribution in [-0.4, -0.2) is 50.0 Å². The van der Waals surface area contributed by atoms with Crippen LogP contribution in [0.2, 0.25) is 10.0 Å². The molecular formula is C26H34Cl2FN3O4S. The first-order valence-electron chi connectivity index (χ1n) is 12.1. The summed E-state index contributed by atoms with van der Waals surface area (Å²) in [5.41, 5.74) is 0.617. The second-order valence-electron chi connectivity index (χ2n) is 8.90. The van der Waals surface area contributed by atoms with Gasteiger partial charge >= 0.3 is 0 Å². The van der Waals surface area contributed by atoms with Crippen LogP contribution in [0.3, 0.4) is 0 Å². The third kappa shape index (κ3) is 8.86. The van der Waals surface area contributed by atoms with Gasteiger partial charge in [0.25, 0.3) is 0 Å². The van der Waals surface area contributed by atoms with Crippen LogP contribution in [0, 0.1) is 5.82 Å². The maximum absolute atomic E-state index is 14.3. The van der Waals surface area contributed by atoms with Crippen molar-refractivity contribution in [1.82, 2.24) is 10.2 Å². The molecule has 0 saturated heterocycles. The fourth-order valence-electron chi connectivity index (χ4n) is 3.83. The van der Waals surface area contributed by atoms with Crippen molar-refractivity contribution in [1.29, 1.82) is 0 Å². The molecule has 204 valence electrons. The Labute approximate surface area is 229 Å². The molecule has 2 unspecified atom stereocenters. The second-order valence-corrected chi connectivity index (χ2v) is 11.6. The number of carbonyl (C=O) groups is 2. The Bertz CT molecular complexity index is 1200. The average molecular weight is 575 g/mol. The van der Waals surface area contributed by atoms with E-state index < -0.39 is 21.9 Å². The number of benzene rings is 2. The Morgan fingerprint density at radius 2 is 1.73 bits per heavy atom. The number of anilines is 1. The summed E-state index contributed by atoms with van der Waals surface area (Å²) in [6.07, 6.45) is 2.18. The van der Waals surface area contributed by atoms with E-state index in [1.54, 1.807) is 24.3 Å². The fraction of sp³-hybridized carbons (Fsp3) is 0.462. The molecule has 0 bridgehead atoms. The van der Waals surface area contributed by atoms with Crippen molar-refractivity contribution in [3.05, 3.63) is 63.9 Å². The molecule has 0 aliphatic heterocycles. The highest BCUT2D eigenvalue weighted by Gasteiger charge is 2.29. The molecule has 0 fully saturated rings. The highest BCUT2D eigenvalue weighted by molar-refractivity contribution is 7.92. The maximum atomic E-state index is 14.3. The van der Waals surface area contributed by atoms with E-state index in [1.807, 2.05) is 20.8 Å². The highest BCUT2D eigenvalue weighted by atomic mass is 35.5. The van der Waals surface area contributed by atoms with Crippen molar-refractivity contribution in [2.75, 3.05) is 17.1 Å². The Morgan fingerprint density at radius 3 is 2.30 bits per heavy atom. The summed E-state index contributed by atoms with van der Waals surface area (Å²) in [6, 6.07) is 9.77. The zero-order valence-corrected chi connectivity index (χ0v) is 23.8. The van der Waals surface area contributed by atoms with Gasteiger partial charge < -0.3 is 10.2 Å². The van der Waals surface area contributed by atoms with Crippen LogP contribution in [0.25, 0.3) is 0 Å². The molecule has 37 heavy (non-hydrogen) atoms. The molecule has 0 aliphatic rings. The van der Waals surface area contributed by atoms with E-state index in [0.717, 1.165) is 17.0 Å². The van der Waals surface area contributed by atoms with Crippen LogP contribution >= 0.6 is 23.2 Å². The molecule has 2 aromatic rings. The lowest BCUT2D eigenvalue weighted by atomic mass is 10.1. The van der Waals surface area contributed by atoms with E-state index in [9.17, 15) is 22.4 Å². The molecule has 7 nitrogen and oxygen atoms in total. The Kier molecular flexibility index (Phi) is 11.7. The van der Waals surface area contributed by atoms with Gasteiger partial charge in [0.2, 0.25) is 21.8 Å². The van der Waals surface area contributed by atoms with E-state index in [1.165, 1.54) is 23.1 Å². The Balaban J connectivity index is 2.26. The third-order valence-electron chi connectivity index (χ3n) is 6.00. The predicted octanol–water partition coefficient (Wildman–Crippen LogP) is 5.40. The molecule has 0 aromatic heterocycles. The van der Waals surface area contributed by atoms with Crippen LogP contribution < -0.4 is 9.62 Å². The topological polar surface area (TPSA) is 86.8 Å². The summed E-state index contributed by atoms with van der Waals surface area (Å²) in [7, 11) is -3.79. The first kappa shape index (κ1) is 30.9. The van der Waals surface area contributed by atoms with Crippen molar-refractivity contribution in [3.63, 3.8) is 0 Å². The number of rotatable bonds is 13. The number of carbonyl (C=O) groups excluding carboxylic acids is 2. The van der Waals surface area contributed by atoms with E-state index in [-0.39, 0.29) is 49.5 Å². The summed E-state index contributed by atoms with van der Waals surface area (Å²) in [5, 5.41) is 3.64. The second kappa shape index (κ2) is 14.0. The van der Waals surface area contributed by atoms with Gasteiger partial charge in [0, 0.05) is 25.6 Å². The number of nitrogens with one attached hydrogen (secondary N) is 1. The smallest absolute Gasteiger partial charge is 0.243 e. The Morgan fingerprint density at radius 1 is 1.05 bits per heavy atom. The molecule has 2 amide bonds. The molecule has 2 rings (SSSR count). The molecular weight excluding hydrogens is 540 g/mol. The van der Waals surface area contributed by atoms with Crippen LogP contribution in [0.15, 0.2) is 42.5 Å². The van der Waals surface area contributed by atoms with Gasteiger partial charge in [0.05, 0.1) is 22.0 Å². The van der Waals surface area contributed by atoms with Gasteiger partial charge in [-0.2, -0.15) is 0 Å².